The monoisotopic (exact) mass is 426 g/mol. The van der Waals surface area contributed by atoms with Crippen LogP contribution in [-0.4, -0.2) is 17.1 Å². The first kappa shape index (κ1) is 17.4. The third-order valence-corrected chi connectivity index (χ3v) is 5.17. The zero-order valence-electron chi connectivity index (χ0n) is 14.3. The fraction of sp³-hybridized carbons (Fsp3) is 0.100. The molecule has 27 heavy (non-hydrogen) atoms. The Morgan fingerprint density at radius 2 is 1.85 bits per heavy atom. The number of fused-ring (bicyclic) bond motifs is 3. The molecule has 1 aliphatic heterocycles. The molecule has 7 heteroatoms. The maximum Gasteiger partial charge on any atom is 0.317 e. The lowest BCUT2D eigenvalue weighted by molar-refractivity contribution is -0.432. The van der Waals surface area contributed by atoms with Gasteiger partial charge in [-0.15, -0.1) is 0 Å². The van der Waals surface area contributed by atoms with E-state index in [4.69, 9.17) is 4.74 Å². The summed E-state index contributed by atoms with van der Waals surface area (Å²) >= 11 is 3.40. The second kappa shape index (κ2) is 6.59. The van der Waals surface area contributed by atoms with Crippen LogP contribution in [0.25, 0.3) is 10.8 Å². The number of aromatic hydroxyl groups is 1. The highest BCUT2D eigenvalue weighted by Gasteiger charge is 2.40. The van der Waals surface area contributed by atoms with Gasteiger partial charge in [-0.1, -0.05) is 40.2 Å². The van der Waals surface area contributed by atoms with Gasteiger partial charge in [0, 0.05) is 17.1 Å². The van der Waals surface area contributed by atoms with Gasteiger partial charge in [0.2, 0.25) is 0 Å². The SMILES string of the molecule is CNC1=C([N+](=O)[O-])C(c2ccc(Br)cc2)c2c(ccc3ccc(O)cc23)O1. The van der Waals surface area contributed by atoms with E-state index >= 15 is 0 Å². The summed E-state index contributed by atoms with van der Waals surface area (Å²) in [6, 6.07) is 16.1. The van der Waals surface area contributed by atoms with Gasteiger partial charge in [-0.25, -0.2) is 0 Å². The van der Waals surface area contributed by atoms with Crippen LogP contribution < -0.4 is 10.1 Å². The number of allylic oxidation sites excluding steroid dienone is 1. The smallest absolute Gasteiger partial charge is 0.317 e. The van der Waals surface area contributed by atoms with E-state index in [-0.39, 0.29) is 17.3 Å². The normalized spacial score (nSPS) is 16.0. The van der Waals surface area contributed by atoms with Crippen LogP contribution >= 0.6 is 15.9 Å². The van der Waals surface area contributed by atoms with Gasteiger partial charge in [-0.05, 0) is 46.7 Å². The van der Waals surface area contributed by atoms with E-state index in [9.17, 15) is 15.2 Å². The number of nitrogens with zero attached hydrogens (tertiary/aromatic N) is 1. The topological polar surface area (TPSA) is 84.6 Å². The Hall–Kier alpha value is -3.06. The van der Waals surface area contributed by atoms with Crippen LogP contribution in [0.3, 0.4) is 0 Å². The lowest BCUT2D eigenvalue weighted by atomic mass is 9.83. The van der Waals surface area contributed by atoms with Crippen LogP contribution in [-0.2, 0) is 0 Å². The van der Waals surface area contributed by atoms with E-state index in [1.165, 1.54) is 0 Å². The molecule has 3 aromatic rings. The zero-order chi connectivity index (χ0) is 19.1. The predicted octanol–water partition coefficient (Wildman–Crippen LogP) is 4.50. The van der Waals surface area contributed by atoms with Gasteiger partial charge in [-0.3, -0.25) is 10.1 Å². The molecule has 0 aromatic heterocycles. The molecule has 0 saturated heterocycles. The fourth-order valence-electron chi connectivity index (χ4n) is 3.47. The van der Waals surface area contributed by atoms with Crippen LogP contribution in [0, 0.1) is 10.1 Å². The number of benzene rings is 3. The van der Waals surface area contributed by atoms with Gasteiger partial charge < -0.3 is 15.2 Å². The number of rotatable bonds is 3. The first-order valence-electron chi connectivity index (χ1n) is 8.25. The number of halogens is 1. The zero-order valence-corrected chi connectivity index (χ0v) is 15.9. The summed E-state index contributed by atoms with van der Waals surface area (Å²) in [5.41, 5.74) is 1.36. The molecule has 1 atom stereocenters. The molecule has 2 N–H and O–H groups in total. The molecule has 0 bridgehead atoms. The summed E-state index contributed by atoms with van der Waals surface area (Å²) in [7, 11) is 1.59. The van der Waals surface area contributed by atoms with Gasteiger partial charge >= 0.3 is 5.70 Å². The van der Waals surface area contributed by atoms with Crippen LogP contribution in [0.1, 0.15) is 17.0 Å². The van der Waals surface area contributed by atoms with E-state index in [0.29, 0.717) is 11.3 Å². The summed E-state index contributed by atoms with van der Waals surface area (Å²) in [6.07, 6.45) is 0. The Kier molecular flexibility index (Phi) is 4.24. The minimum Gasteiger partial charge on any atom is -0.508 e. The first-order valence-corrected chi connectivity index (χ1v) is 9.04. The van der Waals surface area contributed by atoms with Crippen molar-refractivity contribution in [2.75, 3.05) is 7.05 Å². The molecule has 0 amide bonds. The summed E-state index contributed by atoms with van der Waals surface area (Å²) in [5.74, 6) is 0.0807. The molecule has 0 spiro atoms. The Morgan fingerprint density at radius 3 is 2.52 bits per heavy atom. The molecular formula is C20H15BrN2O4. The molecule has 1 heterocycles. The average molecular weight is 427 g/mol. The van der Waals surface area contributed by atoms with Gasteiger partial charge in [0.25, 0.3) is 5.88 Å². The van der Waals surface area contributed by atoms with Crippen molar-refractivity contribution in [3.63, 3.8) is 0 Å². The average Bonchev–Trinajstić information content (AvgIpc) is 2.66. The molecule has 4 rings (SSSR count). The Balaban J connectivity index is 2.08. The summed E-state index contributed by atoms with van der Waals surface area (Å²) < 4.78 is 6.70. The Labute approximate surface area is 163 Å². The maximum atomic E-state index is 12.0. The van der Waals surface area contributed by atoms with Crippen molar-refractivity contribution >= 4 is 26.7 Å². The highest BCUT2D eigenvalue weighted by Crippen LogP contribution is 2.46. The van der Waals surface area contributed by atoms with Crippen molar-refractivity contribution in [2.24, 2.45) is 0 Å². The molecule has 1 aliphatic rings. The summed E-state index contributed by atoms with van der Waals surface area (Å²) in [6.45, 7) is 0. The Morgan fingerprint density at radius 1 is 1.15 bits per heavy atom. The number of hydrogen-bond donors (Lipinski definition) is 2. The molecule has 1 unspecified atom stereocenters. The number of hydrogen-bond acceptors (Lipinski definition) is 5. The van der Waals surface area contributed by atoms with Crippen molar-refractivity contribution < 1.29 is 14.8 Å². The van der Waals surface area contributed by atoms with E-state index in [2.05, 4.69) is 21.2 Å². The van der Waals surface area contributed by atoms with Crippen molar-refractivity contribution in [1.29, 1.82) is 0 Å². The predicted molar refractivity (Wildman–Crippen MR) is 105 cm³/mol. The number of ether oxygens (including phenoxy) is 1. The minimum atomic E-state index is -0.648. The number of nitro groups is 1. The van der Waals surface area contributed by atoms with Crippen LogP contribution in [0.2, 0.25) is 0 Å². The molecular weight excluding hydrogens is 412 g/mol. The quantitative estimate of drug-likeness (QED) is 0.475. The van der Waals surface area contributed by atoms with Crippen molar-refractivity contribution in [1.82, 2.24) is 5.32 Å². The number of phenols is 1. The van der Waals surface area contributed by atoms with Crippen LogP contribution in [0.4, 0.5) is 0 Å². The second-order valence-electron chi connectivity index (χ2n) is 6.19. The number of nitrogens with one attached hydrogen (secondary N) is 1. The van der Waals surface area contributed by atoms with Crippen molar-refractivity contribution in [3.05, 3.63) is 91.9 Å². The lowest BCUT2D eigenvalue weighted by Crippen LogP contribution is -2.28. The lowest BCUT2D eigenvalue weighted by Gasteiger charge is -2.27. The van der Waals surface area contributed by atoms with Crippen molar-refractivity contribution in [2.45, 2.75) is 5.92 Å². The van der Waals surface area contributed by atoms with Crippen LogP contribution in [0.15, 0.2) is 70.7 Å². The van der Waals surface area contributed by atoms with Gasteiger partial charge in [0.05, 0.1) is 4.92 Å². The van der Waals surface area contributed by atoms with E-state index < -0.39 is 10.8 Å². The van der Waals surface area contributed by atoms with Crippen LogP contribution in [0.5, 0.6) is 11.5 Å². The molecule has 0 radical (unpaired) electrons. The van der Waals surface area contributed by atoms with Crippen molar-refractivity contribution in [3.8, 4) is 11.5 Å². The van der Waals surface area contributed by atoms with Gasteiger partial charge in [-0.2, -0.15) is 0 Å². The van der Waals surface area contributed by atoms with Gasteiger partial charge in [0.15, 0.2) is 0 Å². The highest BCUT2D eigenvalue weighted by molar-refractivity contribution is 9.10. The molecule has 3 aromatic carbocycles. The molecule has 6 nitrogen and oxygen atoms in total. The third-order valence-electron chi connectivity index (χ3n) is 4.64. The largest absolute Gasteiger partial charge is 0.508 e. The van der Waals surface area contributed by atoms with E-state index in [0.717, 1.165) is 20.8 Å². The number of phenolic OH excluding ortho intramolecular Hbond substituents is 1. The molecule has 136 valence electrons. The first-order chi connectivity index (χ1) is 13.0. The van der Waals surface area contributed by atoms with Gasteiger partial charge in [0.1, 0.15) is 17.4 Å². The summed E-state index contributed by atoms with van der Waals surface area (Å²) in [4.78, 5) is 11.5. The fourth-order valence-corrected chi connectivity index (χ4v) is 3.74. The third kappa shape index (κ3) is 2.90. The summed E-state index contributed by atoms with van der Waals surface area (Å²) in [5, 5.41) is 26.3. The van der Waals surface area contributed by atoms with E-state index in [1.807, 2.05) is 30.3 Å². The van der Waals surface area contributed by atoms with E-state index in [1.54, 1.807) is 31.3 Å². The standard InChI is InChI=1S/C20H15BrN2O4/c1-22-20-19(23(25)26)17(12-2-6-13(21)7-3-12)18-15-10-14(24)8-4-11(15)5-9-16(18)27-20/h2-10,17,22,24H,1H3. The maximum absolute atomic E-state index is 12.0. The minimum absolute atomic E-state index is 0.0665. The molecule has 0 saturated carbocycles. The highest BCUT2D eigenvalue weighted by atomic mass is 79.9. The molecule has 0 aliphatic carbocycles. The second-order valence-corrected chi connectivity index (χ2v) is 7.11. The molecule has 0 fully saturated rings. The Bertz CT molecular complexity index is 1090.